The highest BCUT2D eigenvalue weighted by molar-refractivity contribution is 7.10. The van der Waals surface area contributed by atoms with Crippen molar-refractivity contribution in [2.24, 2.45) is 0 Å². The maximum Gasteiger partial charge on any atom is 0.142 e. The smallest absolute Gasteiger partial charge is 0.142 e. The standard InChI is InChI=1S/C11H19N3S/c1-3-4-7-14(9-5-6-9)11-8(2)10(12)13-15-11/h9H,3-7H2,1-2H3,(H2,12,13). The first kappa shape index (κ1) is 10.7. The van der Waals surface area contributed by atoms with E-state index in [4.69, 9.17) is 5.73 Å². The van der Waals surface area contributed by atoms with Gasteiger partial charge in [-0.15, -0.1) is 0 Å². The molecule has 15 heavy (non-hydrogen) atoms. The highest BCUT2D eigenvalue weighted by Crippen LogP contribution is 2.37. The van der Waals surface area contributed by atoms with Gasteiger partial charge in [0.15, 0.2) is 0 Å². The van der Waals surface area contributed by atoms with Gasteiger partial charge < -0.3 is 10.6 Å². The number of hydrogen-bond acceptors (Lipinski definition) is 4. The van der Waals surface area contributed by atoms with Crippen molar-refractivity contribution in [2.45, 2.75) is 45.6 Å². The minimum Gasteiger partial charge on any atom is -0.383 e. The molecule has 0 aliphatic heterocycles. The van der Waals surface area contributed by atoms with E-state index in [1.165, 1.54) is 36.2 Å². The maximum atomic E-state index is 5.80. The van der Waals surface area contributed by atoms with Crippen LogP contribution in [0.4, 0.5) is 10.8 Å². The van der Waals surface area contributed by atoms with Crippen LogP contribution in [0.15, 0.2) is 0 Å². The van der Waals surface area contributed by atoms with Crippen LogP contribution in [0.5, 0.6) is 0 Å². The van der Waals surface area contributed by atoms with Gasteiger partial charge >= 0.3 is 0 Å². The summed E-state index contributed by atoms with van der Waals surface area (Å²) in [6.45, 7) is 5.47. The van der Waals surface area contributed by atoms with E-state index < -0.39 is 0 Å². The molecular weight excluding hydrogens is 206 g/mol. The Hall–Kier alpha value is -0.770. The maximum absolute atomic E-state index is 5.80. The summed E-state index contributed by atoms with van der Waals surface area (Å²) >= 11 is 1.55. The Morgan fingerprint density at radius 3 is 2.73 bits per heavy atom. The van der Waals surface area contributed by atoms with Crippen LogP contribution in [0.25, 0.3) is 0 Å². The quantitative estimate of drug-likeness (QED) is 0.838. The van der Waals surface area contributed by atoms with Gasteiger partial charge in [-0.25, -0.2) is 0 Å². The number of anilines is 2. The SMILES string of the molecule is CCCCN(c1snc(N)c1C)C1CC1. The van der Waals surface area contributed by atoms with E-state index in [1.807, 2.05) is 0 Å². The first-order valence-electron chi connectivity index (χ1n) is 5.72. The zero-order chi connectivity index (χ0) is 10.8. The number of unbranched alkanes of at least 4 members (excludes halogenated alkanes) is 1. The molecule has 0 spiro atoms. The minimum atomic E-state index is 0.706. The average Bonchev–Trinajstić information content (AvgIpc) is 3.00. The fraction of sp³-hybridized carbons (Fsp3) is 0.727. The first-order valence-corrected chi connectivity index (χ1v) is 6.49. The molecule has 84 valence electrons. The molecular formula is C11H19N3S. The van der Waals surface area contributed by atoms with E-state index in [9.17, 15) is 0 Å². The molecule has 1 aromatic heterocycles. The Kier molecular flexibility index (Phi) is 3.14. The van der Waals surface area contributed by atoms with Crippen molar-refractivity contribution in [2.75, 3.05) is 17.2 Å². The molecule has 1 aromatic rings. The molecule has 0 saturated heterocycles. The number of hydrogen-bond donors (Lipinski definition) is 1. The summed E-state index contributed by atoms with van der Waals surface area (Å²) in [5.74, 6) is 0.706. The second-order valence-electron chi connectivity index (χ2n) is 4.28. The lowest BCUT2D eigenvalue weighted by Crippen LogP contribution is -2.26. The molecule has 1 heterocycles. The lowest BCUT2D eigenvalue weighted by molar-refractivity contribution is 0.716. The van der Waals surface area contributed by atoms with Crippen molar-refractivity contribution in [3.63, 3.8) is 0 Å². The van der Waals surface area contributed by atoms with Crippen molar-refractivity contribution < 1.29 is 0 Å². The van der Waals surface area contributed by atoms with Crippen LogP contribution in [0, 0.1) is 6.92 Å². The Balaban J connectivity index is 2.12. The molecule has 0 amide bonds. The molecule has 1 aliphatic rings. The van der Waals surface area contributed by atoms with Gasteiger partial charge in [0.1, 0.15) is 10.8 Å². The molecule has 0 radical (unpaired) electrons. The molecule has 0 aromatic carbocycles. The molecule has 1 fully saturated rings. The van der Waals surface area contributed by atoms with Crippen LogP contribution in [-0.2, 0) is 0 Å². The zero-order valence-corrected chi connectivity index (χ0v) is 10.3. The van der Waals surface area contributed by atoms with E-state index in [1.54, 1.807) is 11.5 Å². The lowest BCUT2D eigenvalue weighted by Gasteiger charge is -2.22. The molecule has 4 heteroatoms. The molecule has 1 saturated carbocycles. The molecule has 3 nitrogen and oxygen atoms in total. The lowest BCUT2D eigenvalue weighted by atomic mass is 10.3. The molecule has 2 rings (SSSR count). The molecule has 2 N–H and O–H groups in total. The van der Waals surface area contributed by atoms with E-state index in [0.717, 1.165) is 12.6 Å². The van der Waals surface area contributed by atoms with Gasteiger partial charge in [-0.3, -0.25) is 0 Å². The number of aromatic nitrogens is 1. The summed E-state index contributed by atoms with van der Waals surface area (Å²) in [5.41, 5.74) is 6.97. The summed E-state index contributed by atoms with van der Waals surface area (Å²) < 4.78 is 4.23. The van der Waals surface area contributed by atoms with Gasteiger partial charge in [-0.1, -0.05) is 13.3 Å². The van der Waals surface area contributed by atoms with Crippen LogP contribution in [0.1, 0.15) is 38.2 Å². The Bertz CT molecular complexity index is 331. The second kappa shape index (κ2) is 4.39. The van der Waals surface area contributed by atoms with Crippen LogP contribution in [-0.4, -0.2) is 17.0 Å². The third kappa shape index (κ3) is 2.25. The van der Waals surface area contributed by atoms with Crippen molar-refractivity contribution in [3.05, 3.63) is 5.56 Å². The third-order valence-corrected chi connectivity index (χ3v) is 3.94. The van der Waals surface area contributed by atoms with E-state index in [2.05, 4.69) is 23.1 Å². The van der Waals surface area contributed by atoms with Gasteiger partial charge in [0.25, 0.3) is 0 Å². The van der Waals surface area contributed by atoms with Crippen LogP contribution < -0.4 is 10.6 Å². The van der Waals surface area contributed by atoms with Gasteiger partial charge in [0.2, 0.25) is 0 Å². The number of nitrogen functional groups attached to an aromatic ring is 1. The Morgan fingerprint density at radius 1 is 1.53 bits per heavy atom. The monoisotopic (exact) mass is 225 g/mol. The molecule has 0 atom stereocenters. The van der Waals surface area contributed by atoms with E-state index in [0.29, 0.717) is 5.82 Å². The fourth-order valence-corrected chi connectivity index (χ4v) is 2.68. The highest BCUT2D eigenvalue weighted by Gasteiger charge is 2.31. The third-order valence-electron chi connectivity index (χ3n) is 2.94. The topological polar surface area (TPSA) is 42.2 Å². The van der Waals surface area contributed by atoms with E-state index >= 15 is 0 Å². The van der Waals surface area contributed by atoms with Crippen LogP contribution >= 0.6 is 11.5 Å². The largest absolute Gasteiger partial charge is 0.383 e. The van der Waals surface area contributed by atoms with Crippen LogP contribution in [0.2, 0.25) is 0 Å². The van der Waals surface area contributed by atoms with E-state index in [-0.39, 0.29) is 0 Å². The predicted molar refractivity (Wildman–Crippen MR) is 66.5 cm³/mol. The first-order chi connectivity index (χ1) is 7.24. The molecule has 0 unspecified atom stereocenters. The Morgan fingerprint density at radius 2 is 2.27 bits per heavy atom. The highest BCUT2D eigenvalue weighted by atomic mass is 32.1. The van der Waals surface area contributed by atoms with Crippen molar-refractivity contribution >= 4 is 22.4 Å². The summed E-state index contributed by atoms with van der Waals surface area (Å²) in [7, 11) is 0. The summed E-state index contributed by atoms with van der Waals surface area (Å²) in [6.07, 6.45) is 5.17. The Labute approximate surface area is 95.4 Å². The van der Waals surface area contributed by atoms with Gasteiger partial charge in [-0.2, -0.15) is 4.37 Å². The average molecular weight is 225 g/mol. The summed E-state index contributed by atoms with van der Waals surface area (Å²) in [6, 6.07) is 0.759. The number of nitrogens with two attached hydrogens (primary N) is 1. The number of nitrogens with zero attached hydrogens (tertiary/aromatic N) is 2. The predicted octanol–water partition coefficient (Wildman–Crippen LogP) is 2.80. The minimum absolute atomic E-state index is 0.706. The summed E-state index contributed by atoms with van der Waals surface area (Å²) in [4.78, 5) is 2.51. The molecule has 0 bridgehead atoms. The normalized spacial score (nSPS) is 15.6. The fourth-order valence-electron chi connectivity index (χ4n) is 1.77. The van der Waals surface area contributed by atoms with Gasteiger partial charge in [0.05, 0.1) is 0 Å². The van der Waals surface area contributed by atoms with Crippen molar-refractivity contribution in [1.29, 1.82) is 0 Å². The summed E-state index contributed by atoms with van der Waals surface area (Å²) in [5, 5.41) is 1.29. The number of rotatable bonds is 5. The molecule has 1 aliphatic carbocycles. The zero-order valence-electron chi connectivity index (χ0n) is 9.49. The second-order valence-corrected chi connectivity index (χ2v) is 5.03. The van der Waals surface area contributed by atoms with Crippen molar-refractivity contribution in [1.82, 2.24) is 4.37 Å². The van der Waals surface area contributed by atoms with Crippen LogP contribution in [0.3, 0.4) is 0 Å². The van der Waals surface area contributed by atoms with Gasteiger partial charge in [0, 0.05) is 18.2 Å². The van der Waals surface area contributed by atoms with Crippen molar-refractivity contribution in [3.8, 4) is 0 Å². The van der Waals surface area contributed by atoms with Gasteiger partial charge in [-0.05, 0) is 37.7 Å².